The predicted molar refractivity (Wildman–Crippen MR) is 124 cm³/mol. The van der Waals surface area contributed by atoms with E-state index in [1.54, 1.807) is 35.0 Å². The van der Waals surface area contributed by atoms with E-state index in [0.29, 0.717) is 33.6 Å². The summed E-state index contributed by atoms with van der Waals surface area (Å²) in [6, 6.07) is 12.0. The molecule has 4 rings (SSSR count). The molecule has 2 aromatic carbocycles. The number of nitrogens with two attached hydrogens (primary N) is 1. The third-order valence-electron chi connectivity index (χ3n) is 5.42. The zero-order valence-electron chi connectivity index (χ0n) is 18.1. The number of pyridine rings is 1. The highest BCUT2D eigenvalue weighted by atomic mass is 19.4. The second kappa shape index (κ2) is 9.41. The number of nitrogens with one attached hydrogen (secondary N) is 2. The topological polar surface area (TPSA) is 96.3 Å². The van der Waals surface area contributed by atoms with Crippen LogP contribution in [0.15, 0.2) is 73.2 Å². The molecule has 0 aliphatic carbocycles. The Morgan fingerprint density at radius 3 is 2.49 bits per heavy atom. The number of benzene rings is 2. The van der Waals surface area contributed by atoms with Crippen LogP contribution in [0.5, 0.6) is 0 Å². The number of hydrogen-bond donors (Lipinski definition) is 3. The van der Waals surface area contributed by atoms with Gasteiger partial charge in [0.1, 0.15) is 11.5 Å². The van der Waals surface area contributed by atoms with E-state index in [4.69, 9.17) is 11.1 Å². The van der Waals surface area contributed by atoms with Crippen LogP contribution in [-0.2, 0) is 12.7 Å². The maximum Gasteiger partial charge on any atom is 0.416 e. The lowest BCUT2D eigenvalue weighted by molar-refractivity contribution is -0.137. The predicted octanol–water partition coefficient (Wildman–Crippen LogP) is 5.04. The maximum absolute atomic E-state index is 14.8. The van der Waals surface area contributed by atoms with Crippen LogP contribution in [0.1, 0.15) is 27.0 Å². The van der Waals surface area contributed by atoms with Gasteiger partial charge in [-0.1, -0.05) is 18.2 Å². The van der Waals surface area contributed by atoms with Gasteiger partial charge in [-0.3, -0.25) is 9.20 Å². The number of carbonyl (C=O) groups is 1. The zero-order chi connectivity index (χ0) is 25.2. The molecule has 2 aromatic heterocycles. The van der Waals surface area contributed by atoms with Gasteiger partial charge in [-0.25, -0.2) is 9.37 Å². The van der Waals surface area contributed by atoms with Gasteiger partial charge >= 0.3 is 6.18 Å². The summed E-state index contributed by atoms with van der Waals surface area (Å²) >= 11 is 0. The Hall–Kier alpha value is -4.47. The van der Waals surface area contributed by atoms with Crippen molar-refractivity contribution < 1.29 is 22.4 Å². The van der Waals surface area contributed by atoms with E-state index < -0.39 is 23.5 Å². The summed E-state index contributed by atoms with van der Waals surface area (Å²) < 4.78 is 54.6. The Morgan fingerprint density at radius 2 is 1.86 bits per heavy atom. The molecule has 0 bridgehead atoms. The second-order valence-electron chi connectivity index (χ2n) is 7.63. The normalized spacial score (nSPS) is 12.1. The average molecular weight is 481 g/mol. The fraction of sp³-hybridized carbons (Fsp3) is 0.0800. The lowest BCUT2D eigenvalue weighted by atomic mass is 10.1. The van der Waals surface area contributed by atoms with Crippen molar-refractivity contribution in [1.82, 2.24) is 14.7 Å². The van der Waals surface area contributed by atoms with Gasteiger partial charge in [0.15, 0.2) is 0 Å². The first-order valence-electron chi connectivity index (χ1n) is 10.4. The summed E-state index contributed by atoms with van der Waals surface area (Å²) in [5, 5.41) is 9.98. The van der Waals surface area contributed by atoms with Gasteiger partial charge < -0.3 is 16.5 Å². The van der Waals surface area contributed by atoms with Crippen LogP contribution in [0.3, 0.4) is 0 Å². The van der Waals surface area contributed by atoms with Crippen molar-refractivity contribution in [2.45, 2.75) is 12.7 Å². The van der Waals surface area contributed by atoms with Crippen molar-refractivity contribution in [1.29, 1.82) is 5.41 Å². The smallest absolute Gasteiger partial charge is 0.404 e. The summed E-state index contributed by atoms with van der Waals surface area (Å²) in [4.78, 5) is 16.8. The van der Waals surface area contributed by atoms with Crippen molar-refractivity contribution in [3.8, 4) is 11.3 Å². The average Bonchev–Trinajstić information content (AvgIpc) is 3.26. The number of amides is 1. The number of imidazole rings is 1. The highest BCUT2D eigenvalue weighted by Gasteiger charge is 2.29. The summed E-state index contributed by atoms with van der Waals surface area (Å²) in [6.07, 6.45) is 1.27. The summed E-state index contributed by atoms with van der Waals surface area (Å²) in [6.45, 7) is -0.0573. The minimum atomic E-state index is -4.45. The van der Waals surface area contributed by atoms with Gasteiger partial charge in [0.05, 0.1) is 23.0 Å². The van der Waals surface area contributed by atoms with E-state index in [1.165, 1.54) is 30.5 Å². The van der Waals surface area contributed by atoms with E-state index in [2.05, 4.69) is 10.3 Å². The molecule has 0 saturated carbocycles. The Morgan fingerprint density at radius 1 is 1.11 bits per heavy atom. The molecule has 1 amide bonds. The number of carbonyl (C=O) groups excluding carboxylic acids is 1. The molecule has 10 heteroatoms. The van der Waals surface area contributed by atoms with Crippen LogP contribution in [0.25, 0.3) is 22.5 Å². The molecular formula is C25H19F4N5O. The standard InChI is InChI=1S/C25H19F4N5O/c26-21-9-16(22-13-32-23-8-4-17(14-34(22)23)18(10-30)11-31)3-7-20(21)24(35)33-12-15-1-5-19(6-2-15)25(27,28)29/h1-11,13-14,30H,12,31H2,(H,33,35)/b18-11+,30-10?. The highest BCUT2D eigenvalue weighted by Crippen LogP contribution is 2.29. The van der Waals surface area contributed by atoms with Gasteiger partial charge in [-0.05, 0) is 42.0 Å². The number of hydrogen-bond acceptors (Lipinski definition) is 4. The zero-order valence-corrected chi connectivity index (χ0v) is 18.1. The maximum atomic E-state index is 14.8. The van der Waals surface area contributed by atoms with Crippen LogP contribution < -0.4 is 11.1 Å². The van der Waals surface area contributed by atoms with Crippen LogP contribution in [0, 0.1) is 11.2 Å². The van der Waals surface area contributed by atoms with Crippen LogP contribution in [0.2, 0.25) is 0 Å². The quantitative estimate of drug-likeness (QED) is 0.266. The molecule has 0 fully saturated rings. The first kappa shape index (κ1) is 23.7. The largest absolute Gasteiger partial charge is 0.416 e. The molecule has 0 unspecified atom stereocenters. The number of fused-ring (bicyclic) bond motifs is 1. The number of rotatable bonds is 6. The van der Waals surface area contributed by atoms with E-state index in [1.807, 2.05) is 0 Å². The summed E-state index contributed by atoms with van der Waals surface area (Å²) in [5.41, 5.74) is 7.83. The molecule has 0 saturated heterocycles. The summed E-state index contributed by atoms with van der Waals surface area (Å²) in [5.74, 6) is -1.46. The van der Waals surface area contributed by atoms with Gasteiger partial charge in [0, 0.05) is 41.9 Å². The number of aromatic nitrogens is 2. The van der Waals surface area contributed by atoms with Gasteiger partial charge in [0.2, 0.25) is 0 Å². The molecule has 4 N–H and O–H groups in total. The molecule has 0 aliphatic heterocycles. The van der Waals surface area contributed by atoms with Crippen molar-refractivity contribution in [3.63, 3.8) is 0 Å². The third kappa shape index (κ3) is 4.91. The fourth-order valence-corrected chi connectivity index (χ4v) is 3.54. The molecule has 0 atom stereocenters. The minimum absolute atomic E-state index is 0.0573. The first-order chi connectivity index (χ1) is 16.7. The van der Waals surface area contributed by atoms with Crippen molar-refractivity contribution in [3.05, 3.63) is 101 Å². The summed E-state index contributed by atoms with van der Waals surface area (Å²) in [7, 11) is 0. The third-order valence-corrected chi connectivity index (χ3v) is 5.42. The lowest BCUT2D eigenvalue weighted by Gasteiger charge is -2.10. The van der Waals surface area contributed by atoms with Gasteiger partial charge in [-0.2, -0.15) is 13.2 Å². The Labute approximate surface area is 197 Å². The number of halogens is 4. The van der Waals surface area contributed by atoms with Crippen molar-refractivity contribution >= 4 is 23.3 Å². The van der Waals surface area contributed by atoms with E-state index >= 15 is 0 Å². The van der Waals surface area contributed by atoms with E-state index in [-0.39, 0.29) is 12.1 Å². The Balaban J connectivity index is 1.53. The number of alkyl halides is 3. The van der Waals surface area contributed by atoms with Gasteiger partial charge in [0.25, 0.3) is 5.91 Å². The van der Waals surface area contributed by atoms with E-state index in [0.717, 1.165) is 18.3 Å². The molecule has 0 aliphatic rings. The molecule has 0 radical (unpaired) electrons. The van der Waals surface area contributed by atoms with E-state index in [9.17, 15) is 22.4 Å². The van der Waals surface area contributed by atoms with Crippen LogP contribution >= 0.6 is 0 Å². The lowest BCUT2D eigenvalue weighted by Crippen LogP contribution is -2.24. The molecule has 2 heterocycles. The Kier molecular flexibility index (Phi) is 6.37. The second-order valence-corrected chi connectivity index (χ2v) is 7.63. The first-order valence-corrected chi connectivity index (χ1v) is 10.4. The molecule has 35 heavy (non-hydrogen) atoms. The molecule has 0 spiro atoms. The SMILES string of the molecule is N=C/C(=C\N)c1ccc2ncc(-c3ccc(C(=O)NCc4ccc(C(F)(F)F)cc4)c(F)c3)n2c1. The highest BCUT2D eigenvalue weighted by molar-refractivity contribution is 6.08. The minimum Gasteiger partial charge on any atom is -0.404 e. The molecule has 6 nitrogen and oxygen atoms in total. The van der Waals surface area contributed by atoms with Crippen LogP contribution in [-0.4, -0.2) is 21.5 Å². The van der Waals surface area contributed by atoms with Crippen molar-refractivity contribution in [2.75, 3.05) is 0 Å². The monoisotopic (exact) mass is 481 g/mol. The van der Waals surface area contributed by atoms with Crippen molar-refractivity contribution in [2.24, 2.45) is 5.73 Å². The number of nitrogens with zero attached hydrogens (tertiary/aromatic N) is 2. The Bertz CT molecular complexity index is 1440. The van der Waals surface area contributed by atoms with Crippen LogP contribution in [0.4, 0.5) is 17.6 Å². The molecule has 178 valence electrons. The molecule has 4 aromatic rings. The molecular weight excluding hydrogens is 462 g/mol. The fourth-order valence-electron chi connectivity index (χ4n) is 3.54. The number of allylic oxidation sites excluding steroid dienone is 1. The van der Waals surface area contributed by atoms with Gasteiger partial charge in [-0.15, -0.1) is 0 Å².